The molecule has 7 nitrogen and oxygen atoms in total. The number of sulfonamides is 1. The Morgan fingerprint density at radius 3 is 2.56 bits per heavy atom. The zero-order chi connectivity index (χ0) is 19.4. The monoisotopic (exact) mass is 410 g/mol. The van der Waals surface area contributed by atoms with E-state index < -0.39 is 10.0 Å². The largest absolute Gasteiger partial charge is 0.454 e. The van der Waals surface area contributed by atoms with E-state index >= 15 is 0 Å². The molecule has 2 aromatic rings. The van der Waals surface area contributed by atoms with E-state index in [0.717, 1.165) is 6.26 Å². The first-order valence-electron chi connectivity index (χ1n) is 8.26. The second-order valence-electron chi connectivity index (χ2n) is 6.03. The Morgan fingerprint density at radius 1 is 1.15 bits per heavy atom. The van der Waals surface area contributed by atoms with E-state index in [0.29, 0.717) is 34.3 Å². The molecule has 1 amide bonds. The van der Waals surface area contributed by atoms with Crippen molar-refractivity contribution in [1.82, 2.24) is 0 Å². The van der Waals surface area contributed by atoms with Crippen LogP contribution >= 0.6 is 11.6 Å². The van der Waals surface area contributed by atoms with Crippen molar-refractivity contribution in [2.75, 3.05) is 29.2 Å². The summed E-state index contributed by atoms with van der Waals surface area (Å²) in [6, 6.07) is 11.7. The molecular weight excluding hydrogens is 392 g/mol. The Balaban J connectivity index is 1.56. The molecule has 0 spiro atoms. The molecule has 0 saturated heterocycles. The second kappa shape index (κ2) is 8.06. The lowest BCUT2D eigenvalue weighted by Gasteiger charge is -2.22. The average molecular weight is 411 g/mol. The van der Waals surface area contributed by atoms with Crippen molar-refractivity contribution in [2.24, 2.45) is 0 Å². The molecular formula is C18H19ClN2O5S. The van der Waals surface area contributed by atoms with Gasteiger partial charge in [0.15, 0.2) is 11.5 Å². The minimum Gasteiger partial charge on any atom is -0.454 e. The van der Waals surface area contributed by atoms with Crippen LogP contribution < -0.4 is 19.1 Å². The van der Waals surface area contributed by atoms with Gasteiger partial charge in [-0.2, -0.15) is 0 Å². The van der Waals surface area contributed by atoms with E-state index in [1.165, 1.54) is 4.31 Å². The number of benzene rings is 2. The molecule has 0 aliphatic carbocycles. The van der Waals surface area contributed by atoms with Crippen LogP contribution in [0.15, 0.2) is 42.5 Å². The van der Waals surface area contributed by atoms with Crippen molar-refractivity contribution in [2.45, 2.75) is 12.8 Å². The number of anilines is 2. The normalized spacial score (nSPS) is 12.7. The molecule has 0 bridgehead atoms. The van der Waals surface area contributed by atoms with Crippen molar-refractivity contribution >= 4 is 38.9 Å². The summed E-state index contributed by atoms with van der Waals surface area (Å²) in [5.74, 6) is 1.01. The lowest BCUT2D eigenvalue weighted by atomic mass is 10.2. The second-order valence-corrected chi connectivity index (χ2v) is 8.37. The minimum absolute atomic E-state index is 0.165. The maximum atomic E-state index is 12.2. The predicted octanol–water partition coefficient (Wildman–Crippen LogP) is 3.25. The highest BCUT2D eigenvalue weighted by atomic mass is 35.5. The van der Waals surface area contributed by atoms with Crippen LogP contribution in [-0.2, 0) is 14.8 Å². The van der Waals surface area contributed by atoms with Crippen molar-refractivity contribution in [3.05, 3.63) is 47.5 Å². The number of halogens is 1. The van der Waals surface area contributed by atoms with Gasteiger partial charge in [0.1, 0.15) is 0 Å². The number of ether oxygens (including phenoxy) is 2. The van der Waals surface area contributed by atoms with Crippen molar-refractivity contribution < 1.29 is 22.7 Å². The fourth-order valence-electron chi connectivity index (χ4n) is 2.67. The molecule has 1 heterocycles. The van der Waals surface area contributed by atoms with E-state index in [-0.39, 0.29) is 25.7 Å². The van der Waals surface area contributed by atoms with Gasteiger partial charge in [-0.1, -0.05) is 11.6 Å². The number of nitrogens with zero attached hydrogens (tertiary/aromatic N) is 1. The van der Waals surface area contributed by atoms with Crippen LogP contribution in [0.25, 0.3) is 0 Å². The summed E-state index contributed by atoms with van der Waals surface area (Å²) in [5.41, 5.74) is 1.11. The van der Waals surface area contributed by atoms with Crippen LogP contribution in [0.2, 0.25) is 5.02 Å². The first-order valence-corrected chi connectivity index (χ1v) is 10.5. The van der Waals surface area contributed by atoms with Gasteiger partial charge in [-0.3, -0.25) is 9.10 Å². The Labute approximate surface area is 162 Å². The number of carbonyl (C=O) groups is 1. The molecule has 2 aromatic carbocycles. The van der Waals surface area contributed by atoms with E-state index in [1.807, 2.05) is 0 Å². The summed E-state index contributed by atoms with van der Waals surface area (Å²) in [4.78, 5) is 12.2. The predicted molar refractivity (Wildman–Crippen MR) is 104 cm³/mol. The zero-order valence-corrected chi connectivity index (χ0v) is 16.2. The summed E-state index contributed by atoms with van der Waals surface area (Å²) in [7, 11) is -3.47. The van der Waals surface area contributed by atoms with Gasteiger partial charge in [-0.05, 0) is 42.8 Å². The Bertz CT molecular complexity index is 931. The molecule has 1 aliphatic rings. The van der Waals surface area contributed by atoms with Gasteiger partial charge >= 0.3 is 0 Å². The minimum atomic E-state index is -3.47. The van der Waals surface area contributed by atoms with Crippen LogP contribution in [0.5, 0.6) is 11.5 Å². The number of rotatable bonds is 7. The maximum Gasteiger partial charge on any atom is 0.232 e. The molecule has 1 N–H and O–H groups in total. The molecule has 0 radical (unpaired) electrons. The van der Waals surface area contributed by atoms with Crippen molar-refractivity contribution in [3.8, 4) is 11.5 Å². The SMILES string of the molecule is CS(=O)(=O)N(CCCC(=O)Nc1ccc2c(c1)OCO2)c1ccc(Cl)cc1. The number of hydrogen-bond donors (Lipinski definition) is 1. The van der Waals surface area contributed by atoms with Crippen molar-refractivity contribution in [3.63, 3.8) is 0 Å². The molecule has 3 rings (SSSR count). The number of hydrogen-bond acceptors (Lipinski definition) is 5. The number of amides is 1. The van der Waals surface area contributed by atoms with Gasteiger partial charge in [0, 0.05) is 29.7 Å². The Kier molecular flexibility index (Phi) is 5.76. The van der Waals surface area contributed by atoms with Crippen molar-refractivity contribution in [1.29, 1.82) is 0 Å². The molecule has 0 unspecified atom stereocenters. The average Bonchev–Trinajstić information content (AvgIpc) is 3.06. The van der Waals surface area contributed by atoms with E-state index in [9.17, 15) is 13.2 Å². The summed E-state index contributed by atoms with van der Waals surface area (Å²) >= 11 is 5.85. The van der Waals surface area contributed by atoms with Crippen LogP contribution in [0, 0.1) is 0 Å². The standard InChI is InChI=1S/C18H19ClN2O5S/c1-27(23,24)21(15-7-4-13(19)5-8-15)10-2-3-18(22)20-14-6-9-16-17(11-14)26-12-25-16/h4-9,11H,2-3,10,12H2,1H3,(H,20,22). The fraction of sp³-hybridized carbons (Fsp3) is 0.278. The molecule has 0 fully saturated rings. The zero-order valence-electron chi connectivity index (χ0n) is 14.6. The molecule has 27 heavy (non-hydrogen) atoms. The van der Waals surface area contributed by atoms with Gasteiger partial charge in [0.25, 0.3) is 0 Å². The van der Waals surface area contributed by atoms with Gasteiger partial charge in [-0.25, -0.2) is 8.42 Å². The van der Waals surface area contributed by atoms with Crippen LogP contribution in [0.1, 0.15) is 12.8 Å². The fourth-order valence-corrected chi connectivity index (χ4v) is 3.77. The van der Waals surface area contributed by atoms with Gasteiger partial charge < -0.3 is 14.8 Å². The first-order chi connectivity index (χ1) is 12.8. The molecule has 0 saturated carbocycles. The van der Waals surface area contributed by atoms with E-state index in [2.05, 4.69) is 5.32 Å². The third-order valence-electron chi connectivity index (χ3n) is 3.94. The summed E-state index contributed by atoms with van der Waals surface area (Å²) in [6.07, 6.45) is 1.68. The Morgan fingerprint density at radius 2 is 1.85 bits per heavy atom. The first kappa shape index (κ1) is 19.3. The summed E-state index contributed by atoms with van der Waals surface area (Å²) < 4.78 is 35.9. The van der Waals surface area contributed by atoms with Crippen LogP contribution in [0.4, 0.5) is 11.4 Å². The Hall–Kier alpha value is -2.45. The summed E-state index contributed by atoms with van der Waals surface area (Å²) in [5, 5.41) is 3.29. The maximum absolute atomic E-state index is 12.2. The summed E-state index contributed by atoms with van der Waals surface area (Å²) in [6.45, 7) is 0.355. The third kappa shape index (κ3) is 5.05. The van der Waals surface area contributed by atoms with E-state index in [4.69, 9.17) is 21.1 Å². The smallest absolute Gasteiger partial charge is 0.232 e. The van der Waals surface area contributed by atoms with Gasteiger partial charge in [0.05, 0.1) is 11.9 Å². The quantitative estimate of drug-likeness (QED) is 0.757. The molecule has 9 heteroatoms. The number of nitrogens with one attached hydrogen (secondary N) is 1. The molecule has 144 valence electrons. The van der Waals surface area contributed by atoms with Crippen LogP contribution in [0.3, 0.4) is 0 Å². The lowest BCUT2D eigenvalue weighted by Crippen LogP contribution is -2.31. The lowest BCUT2D eigenvalue weighted by molar-refractivity contribution is -0.116. The highest BCUT2D eigenvalue weighted by molar-refractivity contribution is 7.92. The van der Waals surface area contributed by atoms with Crippen LogP contribution in [-0.4, -0.2) is 33.9 Å². The van der Waals surface area contributed by atoms with Gasteiger partial charge in [-0.15, -0.1) is 0 Å². The highest BCUT2D eigenvalue weighted by Gasteiger charge is 2.18. The third-order valence-corrected chi connectivity index (χ3v) is 5.38. The topological polar surface area (TPSA) is 84.9 Å². The number of fused-ring (bicyclic) bond motifs is 1. The molecule has 0 atom stereocenters. The number of carbonyl (C=O) groups excluding carboxylic acids is 1. The highest BCUT2D eigenvalue weighted by Crippen LogP contribution is 2.34. The van der Waals surface area contributed by atoms with E-state index in [1.54, 1.807) is 42.5 Å². The molecule has 1 aliphatic heterocycles. The van der Waals surface area contributed by atoms with Gasteiger partial charge in [0.2, 0.25) is 22.7 Å². The molecule has 0 aromatic heterocycles.